The fraction of sp³-hybridized carbons (Fsp3) is 0.156. The molecule has 4 aromatic carbocycles. The summed E-state index contributed by atoms with van der Waals surface area (Å²) in [6, 6.07) is 24.2. The Hall–Kier alpha value is -5.71. The van der Waals surface area contributed by atoms with Gasteiger partial charge in [0.1, 0.15) is 24.0 Å². The maximum absolute atomic E-state index is 12.7. The van der Waals surface area contributed by atoms with Gasteiger partial charge in [0, 0.05) is 18.4 Å². The maximum Gasteiger partial charge on any atom is 0.407 e. The molecular weight excluding hydrogens is 556 g/mol. The van der Waals surface area contributed by atoms with Crippen LogP contribution >= 0.6 is 0 Å². The number of carbonyl (C=O) groups is 3. The summed E-state index contributed by atoms with van der Waals surface area (Å²) in [5, 5.41) is 24.0. The minimum absolute atomic E-state index is 0.00322. The van der Waals surface area contributed by atoms with E-state index in [0.717, 1.165) is 28.3 Å². The van der Waals surface area contributed by atoms with Gasteiger partial charge in [-0.15, -0.1) is 0 Å². The molecule has 5 rings (SSSR count). The van der Waals surface area contributed by atoms with Crippen molar-refractivity contribution < 1.29 is 38.6 Å². The quantitative estimate of drug-likeness (QED) is 0.136. The molecule has 0 bridgehead atoms. The summed E-state index contributed by atoms with van der Waals surface area (Å²) in [5.41, 5.74) is 4.00. The molecule has 1 atom stereocenters. The summed E-state index contributed by atoms with van der Waals surface area (Å²) in [7, 11) is 1.20. The molecule has 11 nitrogen and oxygen atoms in total. The maximum atomic E-state index is 12.7. The van der Waals surface area contributed by atoms with Gasteiger partial charge in [-0.3, -0.25) is 10.1 Å². The molecule has 1 aliphatic carbocycles. The van der Waals surface area contributed by atoms with Gasteiger partial charge in [-0.2, -0.15) is 0 Å². The monoisotopic (exact) mass is 582 g/mol. The second kappa shape index (κ2) is 12.4. The van der Waals surface area contributed by atoms with Crippen molar-refractivity contribution in [2.45, 2.75) is 18.4 Å². The number of para-hydroxylation sites is 1. The number of esters is 1. The van der Waals surface area contributed by atoms with E-state index >= 15 is 0 Å². The summed E-state index contributed by atoms with van der Waals surface area (Å²) in [4.78, 5) is 48.0. The van der Waals surface area contributed by atoms with Crippen LogP contribution in [0.1, 0.15) is 33.0 Å². The summed E-state index contributed by atoms with van der Waals surface area (Å²) >= 11 is 0. The third kappa shape index (κ3) is 6.15. The predicted octanol–water partition coefficient (Wildman–Crippen LogP) is 5.71. The molecule has 1 amide bonds. The van der Waals surface area contributed by atoms with Gasteiger partial charge in [0.2, 0.25) is 5.75 Å². The first-order valence-electron chi connectivity index (χ1n) is 13.2. The average molecular weight is 583 g/mol. The van der Waals surface area contributed by atoms with Gasteiger partial charge in [0.25, 0.3) is 0 Å². The second-order valence-electron chi connectivity index (χ2n) is 9.71. The van der Waals surface area contributed by atoms with E-state index in [1.165, 1.54) is 31.4 Å². The molecule has 0 saturated carbocycles. The Morgan fingerprint density at radius 2 is 1.53 bits per heavy atom. The highest BCUT2D eigenvalue weighted by atomic mass is 16.6. The van der Waals surface area contributed by atoms with E-state index in [-0.39, 0.29) is 41.6 Å². The van der Waals surface area contributed by atoms with Crippen LogP contribution < -0.4 is 10.1 Å². The lowest BCUT2D eigenvalue weighted by Crippen LogP contribution is -2.42. The Kier molecular flexibility index (Phi) is 8.33. The van der Waals surface area contributed by atoms with Crippen LogP contribution in [0.3, 0.4) is 0 Å². The Balaban J connectivity index is 1.28. The third-order valence-electron chi connectivity index (χ3n) is 7.11. The van der Waals surface area contributed by atoms with Crippen LogP contribution in [0.5, 0.6) is 11.5 Å². The van der Waals surface area contributed by atoms with Crippen molar-refractivity contribution in [3.8, 4) is 22.6 Å². The molecule has 1 aliphatic rings. The number of benzene rings is 4. The van der Waals surface area contributed by atoms with Crippen molar-refractivity contribution in [2.75, 3.05) is 13.7 Å². The number of carboxylic acids is 1. The smallest absolute Gasteiger partial charge is 0.407 e. The highest BCUT2D eigenvalue weighted by Crippen LogP contribution is 2.44. The molecule has 218 valence electrons. The van der Waals surface area contributed by atoms with E-state index < -0.39 is 34.7 Å². The van der Waals surface area contributed by atoms with Gasteiger partial charge >= 0.3 is 23.7 Å². The fourth-order valence-electron chi connectivity index (χ4n) is 5.09. The number of rotatable bonds is 10. The van der Waals surface area contributed by atoms with Crippen molar-refractivity contribution in [3.63, 3.8) is 0 Å². The van der Waals surface area contributed by atoms with Gasteiger partial charge in [-0.05, 0) is 46.0 Å². The Morgan fingerprint density at radius 3 is 2.16 bits per heavy atom. The number of nitro benzene ring substituents is 1. The van der Waals surface area contributed by atoms with Crippen LogP contribution in [0.15, 0.2) is 91.0 Å². The third-order valence-corrected chi connectivity index (χ3v) is 7.11. The Labute approximate surface area is 245 Å². The molecule has 1 unspecified atom stereocenters. The SMILES string of the molecule is COC(=O)c1ccccc1Oc1ccc(CC(NC(=O)OCC2c3ccccc3-c3ccccc32)C(=O)O)cc1[N+](=O)[O-]. The number of hydrogen-bond acceptors (Lipinski definition) is 8. The molecule has 43 heavy (non-hydrogen) atoms. The summed E-state index contributed by atoms with van der Waals surface area (Å²) < 4.78 is 15.9. The van der Waals surface area contributed by atoms with Crippen molar-refractivity contribution in [3.05, 3.63) is 123 Å². The standard InChI is InChI=1S/C32H26N2O9/c1-41-31(37)24-12-6-7-13-28(24)43-29-15-14-19(17-27(29)34(39)40)16-26(30(35)36)33-32(38)42-18-25-22-10-4-2-8-20(22)21-9-3-5-11-23(21)25/h2-15,17,25-26H,16,18H2,1H3,(H,33,38)(H,35,36). The molecule has 0 aromatic heterocycles. The van der Waals surface area contributed by atoms with Gasteiger partial charge < -0.3 is 24.6 Å². The lowest BCUT2D eigenvalue weighted by molar-refractivity contribution is -0.385. The number of nitrogens with zero attached hydrogens (tertiary/aromatic N) is 1. The first kappa shape index (κ1) is 28.8. The van der Waals surface area contributed by atoms with Crippen LogP contribution in [0.4, 0.5) is 10.5 Å². The molecule has 0 aliphatic heterocycles. The van der Waals surface area contributed by atoms with Crippen molar-refractivity contribution in [2.24, 2.45) is 0 Å². The first-order valence-corrected chi connectivity index (χ1v) is 13.2. The summed E-state index contributed by atoms with van der Waals surface area (Å²) in [6.45, 7) is -0.00322. The van der Waals surface area contributed by atoms with E-state index in [2.05, 4.69) is 5.32 Å². The van der Waals surface area contributed by atoms with Crippen molar-refractivity contribution in [1.29, 1.82) is 0 Å². The van der Waals surface area contributed by atoms with Crippen LogP contribution in [-0.4, -0.2) is 47.8 Å². The van der Waals surface area contributed by atoms with Gasteiger partial charge in [0.15, 0.2) is 0 Å². The lowest BCUT2D eigenvalue weighted by atomic mass is 9.98. The van der Waals surface area contributed by atoms with E-state index in [1.807, 2.05) is 48.5 Å². The zero-order valence-electron chi connectivity index (χ0n) is 22.9. The minimum atomic E-state index is -1.43. The minimum Gasteiger partial charge on any atom is -0.480 e. The topological polar surface area (TPSA) is 154 Å². The molecule has 11 heteroatoms. The van der Waals surface area contributed by atoms with E-state index in [1.54, 1.807) is 12.1 Å². The largest absolute Gasteiger partial charge is 0.480 e. The number of alkyl carbamates (subject to hydrolysis) is 1. The molecular formula is C32H26N2O9. The molecule has 4 aromatic rings. The van der Waals surface area contributed by atoms with Crippen LogP contribution in [-0.2, 0) is 20.7 Å². The van der Waals surface area contributed by atoms with Crippen LogP contribution in [0, 0.1) is 10.1 Å². The fourth-order valence-corrected chi connectivity index (χ4v) is 5.09. The predicted molar refractivity (Wildman–Crippen MR) is 154 cm³/mol. The van der Waals surface area contributed by atoms with E-state index in [0.29, 0.717) is 0 Å². The summed E-state index contributed by atoms with van der Waals surface area (Å²) in [6.07, 6.45) is -1.19. The zero-order chi connectivity index (χ0) is 30.5. The lowest BCUT2D eigenvalue weighted by Gasteiger charge is -2.18. The molecule has 2 N–H and O–H groups in total. The average Bonchev–Trinajstić information content (AvgIpc) is 3.33. The normalized spacial score (nSPS) is 12.4. The van der Waals surface area contributed by atoms with Gasteiger partial charge in [0.05, 0.1) is 12.0 Å². The molecule has 0 spiro atoms. The number of carbonyl (C=O) groups excluding carboxylic acids is 2. The van der Waals surface area contributed by atoms with Crippen molar-refractivity contribution in [1.82, 2.24) is 5.32 Å². The van der Waals surface area contributed by atoms with E-state index in [4.69, 9.17) is 14.2 Å². The molecule has 0 radical (unpaired) electrons. The Morgan fingerprint density at radius 1 is 0.907 bits per heavy atom. The number of methoxy groups -OCH3 is 1. The molecule has 0 fully saturated rings. The number of nitrogens with one attached hydrogen (secondary N) is 1. The number of nitro groups is 1. The number of hydrogen-bond donors (Lipinski definition) is 2. The van der Waals surface area contributed by atoms with Gasteiger partial charge in [-0.1, -0.05) is 66.7 Å². The number of fused-ring (bicyclic) bond motifs is 3. The van der Waals surface area contributed by atoms with Gasteiger partial charge in [-0.25, -0.2) is 14.4 Å². The number of carboxylic acid groups (broad SMARTS) is 1. The second-order valence-corrected chi connectivity index (χ2v) is 9.71. The Bertz CT molecular complexity index is 1670. The highest BCUT2D eigenvalue weighted by molar-refractivity contribution is 5.92. The highest BCUT2D eigenvalue weighted by Gasteiger charge is 2.30. The number of ether oxygens (including phenoxy) is 3. The number of amides is 1. The molecule has 0 heterocycles. The zero-order valence-corrected chi connectivity index (χ0v) is 22.9. The summed E-state index contributed by atoms with van der Waals surface area (Å²) in [5.74, 6) is -2.35. The molecule has 0 saturated heterocycles. The van der Waals surface area contributed by atoms with E-state index in [9.17, 15) is 29.6 Å². The van der Waals surface area contributed by atoms with Crippen molar-refractivity contribution >= 4 is 23.7 Å². The van der Waals surface area contributed by atoms with Crippen LogP contribution in [0.2, 0.25) is 0 Å². The number of aliphatic carboxylic acids is 1. The van der Waals surface area contributed by atoms with Crippen LogP contribution in [0.25, 0.3) is 11.1 Å². The first-order chi connectivity index (χ1) is 20.8.